The highest BCUT2D eigenvalue weighted by Crippen LogP contribution is 2.34. The molecule has 2 amide bonds. The zero-order chi connectivity index (χ0) is 47.6. The molecule has 354 valence electrons. The highest BCUT2D eigenvalue weighted by atomic mass is 16.5. The van der Waals surface area contributed by atoms with Crippen LogP contribution in [0.3, 0.4) is 0 Å². The van der Waals surface area contributed by atoms with Gasteiger partial charge in [0.2, 0.25) is 5.56 Å². The summed E-state index contributed by atoms with van der Waals surface area (Å²) in [6.07, 6.45) is 1.46. The van der Waals surface area contributed by atoms with Gasteiger partial charge in [-0.1, -0.05) is 72.8 Å². The molecule has 14 nitrogen and oxygen atoms in total. The van der Waals surface area contributed by atoms with Crippen molar-refractivity contribution < 1.29 is 38.8 Å². The molecule has 0 spiro atoms. The van der Waals surface area contributed by atoms with E-state index in [0.29, 0.717) is 40.4 Å². The molecule has 4 heterocycles. The fourth-order valence-corrected chi connectivity index (χ4v) is 9.09. The maximum Gasteiger partial charge on any atom is 0.338 e. The lowest BCUT2D eigenvalue weighted by Crippen LogP contribution is -2.52. The number of ether oxygens (including phenoxy) is 3. The van der Waals surface area contributed by atoms with E-state index in [1.807, 2.05) is 92.7 Å². The average Bonchev–Trinajstić information content (AvgIpc) is 3.35. The molecule has 3 saturated heterocycles. The second kappa shape index (κ2) is 22.2. The Hall–Kier alpha value is -7.00. The van der Waals surface area contributed by atoms with Crippen LogP contribution >= 0.6 is 0 Å². The number of aromatic nitrogens is 1. The van der Waals surface area contributed by atoms with Crippen molar-refractivity contribution in [3.8, 4) is 11.5 Å². The predicted molar refractivity (Wildman–Crippen MR) is 260 cm³/mol. The summed E-state index contributed by atoms with van der Waals surface area (Å²) >= 11 is 0. The standard InChI is InChI=1S/C54H59N5O9/c1-35(2)59(54(65)56-42-17-13-36(14-18-42)31-55-32-48(61)44-19-21-47(60)52-45(44)20-22-50(62)57-52)27-28-66-53(64)40-15-11-37(12-16-40)34-67-43-10-6-9-41(29-43)46(38-7-4-3-5-8-38)30-51(63)68-49-33-58-25-23-39(49)24-26-58/h3-22,29,35,39,46,48-49,55,60-61H,23-28,30-34H2,1-2H3,(H,56,65)(H,57,62)/t46-,48-,49-/m0/s1. The van der Waals surface area contributed by atoms with Gasteiger partial charge in [-0.15, -0.1) is 0 Å². The lowest BCUT2D eigenvalue weighted by atomic mass is 9.85. The molecule has 5 aromatic carbocycles. The normalized spacial score (nSPS) is 17.3. The van der Waals surface area contributed by atoms with Crippen molar-refractivity contribution in [1.82, 2.24) is 20.1 Å². The molecule has 14 heteroatoms. The topological polar surface area (TPSA) is 183 Å². The maximum atomic E-state index is 13.4. The Balaban J connectivity index is 0.777. The van der Waals surface area contributed by atoms with E-state index in [0.717, 1.165) is 54.7 Å². The van der Waals surface area contributed by atoms with Gasteiger partial charge in [-0.25, -0.2) is 9.59 Å². The number of aromatic hydroxyl groups is 1. The fourth-order valence-electron chi connectivity index (χ4n) is 9.09. The van der Waals surface area contributed by atoms with Gasteiger partial charge >= 0.3 is 18.0 Å². The minimum atomic E-state index is -0.892. The fraction of sp³-hybridized carbons (Fsp3) is 0.333. The van der Waals surface area contributed by atoms with Gasteiger partial charge in [0.25, 0.3) is 0 Å². The van der Waals surface area contributed by atoms with Crippen LogP contribution in [-0.4, -0.2) is 94.4 Å². The maximum absolute atomic E-state index is 13.4. The first-order valence-electron chi connectivity index (χ1n) is 23.3. The number of H-pyrrole nitrogens is 1. The van der Waals surface area contributed by atoms with Crippen LogP contribution in [0.1, 0.15) is 83.3 Å². The lowest BCUT2D eigenvalue weighted by molar-refractivity contribution is -0.159. The van der Waals surface area contributed by atoms with E-state index >= 15 is 0 Å². The van der Waals surface area contributed by atoms with Crippen LogP contribution in [0.5, 0.6) is 11.5 Å². The summed E-state index contributed by atoms with van der Waals surface area (Å²) < 4.78 is 17.9. The monoisotopic (exact) mass is 921 g/mol. The Morgan fingerprint density at radius 1 is 0.853 bits per heavy atom. The van der Waals surface area contributed by atoms with Crippen LogP contribution in [-0.2, 0) is 27.4 Å². The third-order valence-corrected chi connectivity index (χ3v) is 12.9. The number of phenols is 1. The number of aromatic amines is 1. The first-order valence-corrected chi connectivity index (χ1v) is 23.3. The number of nitrogens with zero attached hydrogens (tertiary/aromatic N) is 2. The van der Waals surface area contributed by atoms with E-state index in [-0.39, 0.29) is 79.6 Å². The quantitative estimate of drug-likeness (QED) is 0.0498. The second-order valence-electron chi connectivity index (χ2n) is 17.9. The first kappa shape index (κ1) is 47.5. The molecule has 0 radical (unpaired) electrons. The number of rotatable bonds is 19. The molecule has 3 aliphatic heterocycles. The number of aliphatic hydroxyl groups excluding tert-OH is 1. The molecule has 3 aliphatic rings. The number of benzene rings is 5. The summed E-state index contributed by atoms with van der Waals surface area (Å²) in [5, 5.41) is 27.7. The number of phenolic OH excluding ortho intramolecular Hbond substituents is 1. The highest BCUT2D eigenvalue weighted by molar-refractivity contribution is 5.90. The lowest BCUT2D eigenvalue weighted by Gasteiger charge is -2.44. The number of urea groups is 1. The molecule has 0 saturated carbocycles. The zero-order valence-corrected chi connectivity index (χ0v) is 38.4. The van der Waals surface area contributed by atoms with Crippen molar-refractivity contribution in [2.75, 3.05) is 44.6 Å². The van der Waals surface area contributed by atoms with Gasteiger partial charge in [0.1, 0.15) is 30.8 Å². The number of nitrogens with one attached hydrogen (secondary N) is 3. The third-order valence-electron chi connectivity index (χ3n) is 12.9. The number of anilines is 1. The Bertz CT molecular complexity index is 2720. The number of aliphatic hydroxyl groups is 1. The van der Waals surface area contributed by atoms with Crippen molar-refractivity contribution >= 4 is 34.6 Å². The van der Waals surface area contributed by atoms with Crippen LogP contribution in [0.4, 0.5) is 10.5 Å². The van der Waals surface area contributed by atoms with E-state index < -0.39 is 12.1 Å². The van der Waals surface area contributed by atoms with Crippen LogP contribution in [0.2, 0.25) is 0 Å². The van der Waals surface area contributed by atoms with E-state index in [1.54, 1.807) is 41.3 Å². The van der Waals surface area contributed by atoms with Gasteiger partial charge in [0.15, 0.2) is 0 Å². The highest BCUT2D eigenvalue weighted by Gasteiger charge is 2.37. The number of amides is 2. The smallest absolute Gasteiger partial charge is 0.338 e. The van der Waals surface area contributed by atoms with Crippen molar-refractivity contribution in [3.63, 3.8) is 0 Å². The van der Waals surface area contributed by atoms with E-state index in [1.165, 1.54) is 12.1 Å². The third kappa shape index (κ3) is 12.1. The van der Waals surface area contributed by atoms with Gasteiger partial charge in [0, 0.05) is 48.7 Å². The number of carbonyl (C=O) groups excluding carboxylic acids is 3. The molecule has 9 rings (SSSR count). The SMILES string of the molecule is CC(C)N(CCOC(=O)c1ccc(COc2cccc([C@@H](CC(=O)O[C@H]3CN4CCC3CC4)c3ccccc3)c2)cc1)C(=O)Nc1ccc(CNC[C@H](O)c2ccc(O)c3[nH]c(=O)ccc23)cc1. The average molecular weight is 922 g/mol. The Morgan fingerprint density at radius 3 is 2.31 bits per heavy atom. The van der Waals surface area contributed by atoms with Crippen molar-refractivity contribution in [1.29, 1.82) is 0 Å². The Morgan fingerprint density at radius 2 is 1.59 bits per heavy atom. The predicted octanol–water partition coefficient (Wildman–Crippen LogP) is 7.89. The largest absolute Gasteiger partial charge is 0.506 e. The number of pyridine rings is 1. The van der Waals surface area contributed by atoms with Crippen LogP contribution in [0.25, 0.3) is 10.9 Å². The summed E-state index contributed by atoms with van der Waals surface area (Å²) in [6, 6.07) is 37.7. The molecule has 3 fully saturated rings. The number of fused-ring (bicyclic) bond motifs is 4. The molecule has 0 unspecified atom stereocenters. The van der Waals surface area contributed by atoms with Gasteiger partial charge in [-0.2, -0.15) is 0 Å². The molecule has 3 atom stereocenters. The number of piperidine rings is 3. The van der Waals surface area contributed by atoms with Crippen molar-refractivity contribution in [3.05, 3.63) is 171 Å². The molecule has 6 aromatic rings. The molecule has 0 aliphatic carbocycles. The van der Waals surface area contributed by atoms with Crippen molar-refractivity contribution in [2.45, 2.75) is 70.4 Å². The molecule has 2 bridgehead atoms. The second-order valence-corrected chi connectivity index (χ2v) is 17.9. The van der Waals surface area contributed by atoms with E-state index in [4.69, 9.17) is 14.2 Å². The van der Waals surface area contributed by atoms with Gasteiger partial charge in [-0.3, -0.25) is 14.5 Å². The summed E-state index contributed by atoms with van der Waals surface area (Å²) in [4.78, 5) is 58.1. The van der Waals surface area contributed by atoms with Crippen molar-refractivity contribution in [2.24, 2.45) is 5.92 Å². The minimum Gasteiger partial charge on any atom is -0.506 e. The van der Waals surface area contributed by atoms with Crippen LogP contribution < -0.4 is 20.9 Å². The Labute approximate surface area is 395 Å². The van der Waals surface area contributed by atoms with E-state index in [2.05, 4.69) is 20.5 Å². The van der Waals surface area contributed by atoms with Crippen LogP contribution in [0, 0.1) is 5.92 Å². The Kier molecular flexibility index (Phi) is 15.5. The number of hydrogen-bond donors (Lipinski definition) is 5. The molecular weight excluding hydrogens is 863 g/mol. The van der Waals surface area contributed by atoms with E-state index in [9.17, 15) is 29.4 Å². The minimum absolute atomic E-state index is 0.00136. The summed E-state index contributed by atoms with van der Waals surface area (Å²) in [5.41, 5.74) is 5.26. The summed E-state index contributed by atoms with van der Waals surface area (Å²) in [7, 11) is 0. The molecule has 5 N–H and O–H groups in total. The molecular formula is C54H59N5O9. The van der Waals surface area contributed by atoms with Gasteiger partial charge < -0.3 is 44.9 Å². The van der Waals surface area contributed by atoms with Crippen LogP contribution in [0.15, 0.2) is 132 Å². The zero-order valence-electron chi connectivity index (χ0n) is 38.4. The summed E-state index contributed by atoms with van der Waals surface area (Å²) in [5.74, 6) is 0.159. The number of esters is 2. The van der Waals surface area contributed by atoms with Gasteiger partial charge in [-0.05, 0) is 122 Å². The summed E-state index contributed by atoms with van der Waals surface area (Å²) in [6.45, 7) is 7.90. The molecule has 1 aromatic heterocycles. The first-order chi connectivity index (χ1) is 33.0. The number of hydrogen-bond acceptors (Lipinski definition) is 11. The number of carbonyl (C=O) groups is 3. The van der Waals surface area contributed by atoms with Gasteiger partial charge in [0.05, 0.1) is 30.1 Å². The molecule has 68 heavy (non-hydrogen) atoms.